The highest BCUT2D eigenvalue weighted by atomic mass is 16.3. The summed E-state index contributed by atoms with van der Waals surface area (Å²) in [5, 5.41) is 19.5. The second kappa shape index (κ2) is 6.42. The molecule has 3 N–H and O–H groups in total. The van der Waals surface area contributed by atoms with Crippen molar-refractivity contribution in [1.82, 2.24) is 14.9 Å². The third kappa shape index (κ3) is 3.22. The van der Waals surface area contributed by atoms with Crippen LogP contribution >= 0.6 is 0 Å². The van der Waals surface area contributed by atoms with Crippen molar-refractivity contribution in [1.29, 1.82) is 0 Å². The van der Waals surface area contributed by atoms with Crippen molar-refractivity contribution < 1.29 is 10.2 Å². The summed E-state index contributed by atoms with van der Waals surface area (Å²) in [7, 11) is 0. The molecule has 0 fully saturated rings. The zero-order valence-electron chi connectivity index (χ0n) is 13.2. The molecule has 0 saturated carbocycles. The van der Waals surface area contributed by atoms with Crippen LogP contribution in [0, 0.1) is 0 Å². The van der Waals surface area contributed by atoms with Crippen LogP contribution in [-0.4, -0.2) is 31.6 Å². The van der Waals surface area contributed by atoms with Gasteiger partial charge < -0.3 is 15.2 Å². The van der Waals surface area contributed by atoms with Crippen molar-refractivity contribution in [3.8, 4) is 11.5 Å². The molecule has 0 atom stereocenters. The number of para-hydroxylation sites is 1. The molecule has 1 aromatic carbocycles. The van der Waals surface area contributed by atoms with E-state index in [2.05, 4.69) is 21.8 Å². The second-order valence-electron chi connectivity index (χ2n) is 5.93. The molecule has 1 aliphatic rings. The minimum atomic E-state index is -0.122. The number of nitrogens with one attached hydrogen (secondary N) is 1. The number of phenols is 2. The Morgan fingerprint density at radius 1 is 1.35 bits per heavy atom. The fraction of sp³-hybridized carbons (Fsp3) is 0.412. The molecule has 1 aliphatic heterocycles. The summed E-state index contributed by atoms with van der Waals surface area (Å²) < 4.78 is 0. The lowest BCUT2D eigenvalue weighted by Crippen LogP contribution is -2.35. The number of aromatic nitrogens is 2. The van der Waals surface area contributed by atoms with Crippen molar-refractivity contribution in [2.75, 3.05) is 6.54 Å². The summed E-state index contributed by atoms with van der Waals surface area (Å²) in [6, 6.07) is 4.93. The molecule has 0 bridgehead atoms. The van der Waals surface area contributed by atoms with Crippen LogP contribution in [0.4, 0.5) is 0 Å². The first kappa shape index (κ1) is 15.6. The molecule has 0 saturated heterocycles. The number of hydrogen-bond acceptors (Lipinski definition) is 5. The second-order valence-corrected chi connectivity index (χ2v) is 5.93. The van der Waals surface area contributed by atoms with Gasteiger partial charge in [0.15, 0.2) is 11.5 Å². The van der Waals surface area contributed by atoms with Crippen LogP contribution in [-0.2, 0) is 25.9 Å². The first-order valence-corrected chi connectivity index (χ1v) is 7.91. The predicted octanol–water partition coefficient (Wildman–Crippen LogP) is 1.69. The fourth-order valence-electron chi connectivity index (χ4n) is 2.97. The van der Waals surface area contributed by atoms with Crippen LogP contribution in [0.2, 0.25) is 0 Å². The Morgan fingerprint density at radius 3 is 2.96 bits per heavy atom. The number of H-pyrrole nitrogens is 1. The van der Waals surface area contributed by atoms with Gasteiger partial charge in [-0.15, -0.1) is 0 Å². The third-order valence-electron chi connectivity index (χ3n) is 4.18. The van der Waals surface area contributed by atoms with Crippen LogP contribution in [0.1, 0.15) is 36.0 Å². The average Bonchev–Trinajstić information content (AvgIpc) is 2.53. The Labute approximate surface area is 134 Å². The molecule has 3 rings (SSSR count). The highest BCUT2D eigenvalue weighted by Crippen LogP contribution is 2.30. The largest absolute Gasteiger partial charge is 0.504 e. The molecule has 1 aromatic heterocycles. The first-order chi connectivity index (χ1) is 11.1. The van der Waals surface area contributed by atoms with E-state index >= 15 is 0 Å². The van der Waals surface area contributed by atoms with Gasteiger partial charge in [0.1, 0.15) is 5.82 Å². The lowest BCUT2D eigenvalue weighted by Gasteiger charge is -2.28. The Kier molecular flexibility index (Phi) is 4.34. The molecule has 122 valence electrons. The van der Waals surface area contributed by atoms with Crippen molar-refractivity contribution in [2.45, 2.75) is 39.3 Å². The van der Waals surface area contributed by atoms with Gasteiger partial charge in [-0.05, 0) is 12.5 Å². The number of aryl methyl sites for hydroxylation is 1. The van der Waals surface area contributed by atoms with E-state index in [9.17, 15) is 15.0 Å². The van der Waals surface area contributed by atoms with E-state index in [0.717, 1.165) is 37.3 Å². The van der Waals surface area contributed by atoms with E-state index in [1.54, 1.807) is 12.1 Å². The van der Waals surface area contributed by atoms with Crippen LogP contribution in [0.25, 0.3) is 0 Å². The molecular formula is C17H21N3O3. The van der Waals surface area contributed by atoms with Crippen molar-refractivity contribution >= 4 is 0 Å². The van der Waals surface area contributed by atoms with Crippen LogP contribution in [0.15, 0.2) is 23.0 Å². The van der Waals surface area contributed by atoms with Gasteiger partial charge in [0, 0.05) is 38.0 Å². The summed E-state index contributed by atoms with van der Waals surface area (Å²) in [4.78, 5) is 21.8. The van der Waals surface area contributed by atoms with Gasteiger partial charge in [0.25, 0.3) is 5.56 Å². The lowest BCUT2D eigenvalue weighted by atomic mass is 10.1. The van der Waals surface area contributed by atoms with Crippen molar-refractivity contribution in [2.24, 2.45) is 0 Å². The van der Waals surface area contributed by atoms with E-state index in [1.807, 2.05) is 0 Å². The summed E-state index contributed by atoms with van der Waals surface area (Å²) >= 11 is 0. The topological polar surface area (TPSA) is 89.5 Å². The SMILES string of the molecule is CCCc1nc2c(c(=O)[nH]1)CN(Cc1cccc(O)c1O)CC2. The molecule has 23 heavy (non-hydrogen) atoms. The number of fused-ring (bicyclic) bond motifs is 1. The van der Waals surface area contributed by atoms with Gasteiger partial charge in [-0.25, -0.2) is 4.98 Å². The van der Waals surface area contributed by atoms with E-state index in [1.165, 1.54) is 6.07 Å². The monoisotopic (exact) mass is 315 g/mol. The molecule has 0 unspecified atom stereocenters. The third-order valence-corrected chi connectivity index (χ3v) is 4.18. The normalized spacial score (nSPS) is 14.7. The van der Waals surface area contributed by atoms with Crippen LogP contribution in [0.3, 0.4) is 0 Å². The maximum absolute atomic E-state index is 12.3. The quantitative estimate of drug-likeness (QED) is 0.747. The highest BCUT2D eigenvalue weighted by Gasteiger charge is 2.22. The van der Waals surface area contributed by atoms with Gasteiger partial charge in [-0.3, -0.25) is 9.69 Å². The summed E-state index contributed by atoms with van der Waals surface area (Å²) in [6.45, 7) is 3.81. The summed E-state index contributed by atoms with van der Waals surface area (Å²) in [5.41, 5.74) is 2.17. The fourth-order valence-corrected chi connectivity index (χ4v) is 2.97. The maximum atomic E-state index is 12.3. The lowest BCUT2D eigenvalue weighted by molar-refractivity contribution is 0.237. The van der Waals surface area contributed by atoms with Gasteiger partial charge >= 0.3 is 0 Å². The van der Waals surface area contributed by atoms with Gasteiger partial charge in [0.2, 0.25) is 0 Å². The molecule has 0 radical (unpaired) electrons. The highest BCUT2D eigenvalue weighted by molar-refractivity contribution is 5.44. The Morgan fingerprint density at radius 2 is 2.17 bits per heavy atom. The van der Waals surface area contributed by atoms with Crippen LogP contribution < -0.4 is 5.56 Å². The van der Waals surface area contributed by atoms with Crippen molar-refractivity contribution in [3.63, 3.8) is 0 Å². The van der Waals surface area contributed by atoms with Gasteiger partial charge in [-0.1, -0.05) is 19.1 Å². The average molecular weight is 315 g/mol. The zero-order chi connectivity index (χ0) is 16.4. The maximum Gasteiger partial charge on any atom is 0.255 e. The van der Waals surface area contributed by atoms with E-state index in [4.69, 9.17) is 0 Å². The molecule has 6 nitrogen and oxygen atoms in total. The number of aromatic hydroxyl groups is 2. The predicted molar refractivity (Wildman–Crippen MR) is 86.4 cm³/mol. The van der Waals surface area contributed by atoms with Crippen LogP contribution in [0.5, 0.6) is 11.5 Å². The molecular weight excluding hydrogens is 294 g/mol. The number of aromatic amines is 1. The number of nitrogens with zero attached hydrogens (tertiary/aromatic N) is 2. The number of benzene rings is 1. The first-order valence-electron chi connectivity index (χ1n) is 7.91. The number of hydrogen-bond donors (Lipinski definition) is 3. The standard InChI is InChI=1S/C17H21N3O3/c1-2-4-15-18-13-7-8-20(10-12(13)17(23)19-15)9-11-5-3-6-14(21)16(11)22/h3,5-6,21-22H,2,4,7-10H2,1H3,(H,18,19,23). The Balaban J connectivity index is 1.80. The molecule has 0 aliphatic carbocycles. The molecule has 2 aromatic rings. The summed E-state index contributed by atoms with van der Waals surface area (Å²) in [5.74, 6) is 0.544. The van der Waals surface area contributed by atoms with Gasteiger partial charge in [0.05, 0.1) is 11.3 Å². The van der Waals surface area contributed by atoms with Crippen molar-refractivity contribution in [3.05, 3.63) is 51.2 Å². The molecule has 6 heteroatoms. The Hall–Kier alpha value is -2.34. The Bertz CT molecular complexity index is 770. The van der Waals surface area contributed by atoms with Gasteiger partial charge in [-0.2, -0.15) is 0 Å². The summed E-state index contributed by atoms with van der Waals surface area (Å²) in [6.07, 6.45) is 2.45. The molecule has 0 spiro atoms. The number of phenolic OH excluding ortho intramolecular Hbond substituents is 2. The van der Waals surface area contributed by atoms with E-state index in [-0.39, 0.29) is 17.1 Å². The van der Waals surface area contributed by atoms with E-state index in [0.29, 0.717) is 24.2 Å². The zero-order valence-corrected chi connectivity index (χ0v) is 13.2. The van der Waals surface area contributed by atoms with E-state index < -0.39 is 0 Å². The number of rotatable bonds is 4. The molecule has 2 heterocycles. The minimum Gasteiger partial charge on any atom is -0.504 e. The molecule has 0 amide bonds. The minimum absolute atomic E-state index is 0.0664. The smallest absolute Gasteiger partial charge is 0.255 e.